The largest absolute Gasteiger partial charge is 0.356 e. The molecule has 0 amide bonds. The second kappa shape index (κ2) is 5.53. The fourth-order valence-corrected chi connectivity index (χ4v) is 4.05. The van der Waals surface area contributed by atoms with Crippen molar-refractivity contribution in [3.8, 4) is 0 Å². The van der Waals surface area contributed by atoms with Gasteiger partial charge < -0.3 is 4.90 Å². The van der Waals surface area contributed by atoms with Crippen molar-refractivity contribution in [3.05, 3.63) is 17.8 Å². The number of hydrogen-bond acceptors (Lipinski definition) is 4. The third-order valence-corrected chi connectivity index (χ3v) is 4.86. The van der Waals surface area contributed by atoms with Crippen molar-refractivity contribution in [2.24, 2.45) is 5.92 Å². The number of rotatable bonds is 3. The topological polar surface area (TPSA) is 29.0 Å². The third-order valence-electron chi connectivity index (χ3n) is 3.58. The quantitative estimate of drug-likeness (QED) is 0.806. The Morgan fingerprint density at radius 2 is 2.39 bits per heavy atom. The van der Waals surface area contributed by atoms with Crippen molar-refractivity contribution in [3.63, 3.8) is 0 Å². The lowest BCUT2D eigenvalue weighted by Crippen LogP contribution is -2.36. The maximum atomic E-state index is 4.51. The Balaban J connectivity index is 1.87. The van der Waals surface area contributed by atoms with Crippen LogP contribution in [0.25, 0.3) is 10.2 Å². The number of alkyl halides is 1. The lowest BCUT2D eigenvalue weighted by atomic mass is 9.95. The first-order valence-electron chi connectivity index (χ1n) is 6.37. The van der Waals surface area contributed by atoms with Crippen molar-refractivity contribution < 1.29 is 0 Å². The Labute approximate surface area is 119 Å². The van der Waals surface area contributed by atoms with Crippen molar-refractivity contribution >= 4 is 43.3 Å². The molecule has 0 aromatic carbocycles. The maximum absolute atomic E-state index is 4.51. The molecule has 1 fully saturated rings. The molecular weight excluding hydrogens is 310 g/mol. The molecule has 0 spiro atoms. The molecule has 0 aliphatic carbocycles. The van der Waals surface area contributed by atoms with E-state index in [1.807, 2.05) is 0 Å². The minimum atomic E-state index is 0.793. The average Bonchev–Trinajstić information content (AvgIpc) is 2.87. The highest BCUT2D eigenvalue weighted by atomic mass is 79.9. The standard InChI is InChI=1S/C13H16BrN3S/c14-5-3-10-2-1-6-17(8-10)12-11-4-7-18-13(11)16-9-15-12/h4,7,9-10H,1-3,5-6,8H2. The second-order valence-corrected chi connectivity index (χ2v) is 6.46. The van der Waals surface area contributed by atoms with E-state index in [-0.39, 0.29) is 0 Å². The number of anilines is 1. The lowest BCUT2D eigenvalue weighted by Gasteiger charge is -2.33. The van der Waals surface area contributed by atoms with Crippen molar-refractivity contribution in [1.29, 1.82) is 0 Å². The van der Waals surface area contributed by atoms with Crippen LogP contribution in [0.1, 0.15) is 19.3 Å². The van der Waals surface area contributed by atoms with Crippen LogP contribution in [0.15, 0.2) is 17.8 Å². The molecular formula is C13H16BrN3S. The summed E-state index contributed by atoms with van der Waals surface area (Å²) >= 11 is 5.24. The van der Waals surface area contributed by atoms with Gasteiger partial charge in [-0.3, -0.25) is 0 Å². The van der Waals surface area contributed by atoms with Crippen LogP contribution in [0.4, 0.5) is 5.82 Å². The molecule has 2 aromatic rings. The summed E-state index contributed by atoms with van der Waals surface area (Å²) in [5.74, 6) is 1.92. The van der Waals surface area contributed by atoms with Crippen LogP contribution < -0.4 is 4.90 Å². The van der Waals surface area contributed by atoms with E-state index in [2.05, 4.69) is 42.2 Å². The van der Waals surface area contributed by atoms with Gasteiger partial charge in [-0.05, 0) is 36.6 Å². The summed E-state index contributed by atoms with van der Waals surface area (Å²) in [5, 5.41) is 4.41. The van der Waals surface area contributed by atoms with Gasteiger partial charge in [0.15, 0.2) is 0 Å². The van der Waals surface area contributed by atoms with Gasteiger partial charge in [0, 0.05) is 18.4 Å². The van der Waals surface area contributed by atoms with Crippen LogP contribution in [0.3, 0.4) is 0 Å². The van der Waals surface area contributed by atoms with E-state index < -0.39 is 0 Å². The number of halogens is 1. The predicted octanol–water partition coefficient (Wildman–Crippen LogP) is 3.69. The van der Waals surface area contributed by atoms with Crippen LogP contribution in [0.2, 0.25) is 0 Å². The molecule has 5 heteroatoms. The fraction of sp³-hybridized carbons (Fsp3) is 0.538. The zero-order valence-electron chi connectivity index (χ0n) is 10.2. The van der Waals surface area contributed by atoms with Crippen molar-refractivity contribution in [2.75, 3.05) is 23.3 Å². The smallest absolute Gasteiger partial charge is 0.140 e. The summed E-state index contributed by atoms with van der Waals surface area (Å²) in [6, 6.07) is 2.14. The minimum absolute atomic E-state index is 0.793. The molecule has 0 N–H and O–H groups in total. The first kappa shape index (κ1) is 12.4. The molecule has 0 radical (unpaired) electrons. The van der Waals surface area contributed by atoms with E-state index in [1.54, 1.807) is 17.7 Å². The highest BCUT2D eigenvalue weighted by molar-refractivity contribution is 9.09. The molecule has 1 saturated heterocycles. The van der Waals surface area contributed by atoms with E-state index in [0.717, 1.165) is 35.0 Å². The van der Waals surface area contributed by atoms with Crippen LogP contribution in [-0.4, -0.2) is 28.4 Å². The minimum Gasteiger partial charge on any atom is -0.356 e. The number of fused-ring (bicyclic) bond motifs is 1. The first-order chi connectivity index (χ1) is 8.88. The van der Waals surface area contributed by atoms with Crippen molar-refractivity contribution in [2.45, 2.75) is 19.3 Å². The van der Waals surface area contributed by atoms with Gasteiger partial charge in [-0.15, -0.1) is 11.3 Å². The first-order valence-corrected chi connectivity index (χ1v) is 8.37. The van der Waals surface area contributed by atoms with Crippen LogP contribution in [0.5, 0.6) is 0 Å². The Kier molecular flexibility index (Phi) is 3.80. The molecule has 1 aliphatic rings. The molecule has 0 saturated carbocycles. The van der Waals surface area contributed by atoms with Gasteiger partial charge in [0.1, 0.15) is 17.0 Å². The van der Waals surface area contributed by atoms with Crippen LogP contribution in [0, 0.1) is 5.92 Å². The average molecular weight is 326 g/mol. The fourth-order valence-electron chi connectivity index (χ4n) is 2.68. The summed E-state index contributed by atoms with van der Waals surface area (Å²) < 4.78 is 0. The van der Waals surface area contributed by atoms with Gasteiger partial charge in [0.05, 0.1) is 5.39 Å². The molecule has 1 atom stereocenters. The van der Waals surface area contributed by atoms with Gasteiger partial charge in [0.25, 0.3) is 0 Å². The van der Waals surface area contributed by atoms with Crippen molar-refractivity contribution in [1.82, 2.24) is 9.97 Å². The molecule has 1 unspecified atom stereocenters. The predicted molar refractivity (Wildman–Crippen MR) is 80.8 cm³/mol. The van der Waals surface area contributed by atoms with Crippen LogP contribution in [-0.2, 0) is 0 Å². The molecule has 3 nitrogen and oxygen atoms in total. The normalized spacial score (nSPS) is 20.5. The van der Waals surface area contributed by atoms with Gasteiger partial charge in [0.2, 0.25) is 0 Å². The Morgan fingerprint density at radius 1 is 1.44 bits per heavy atom. The van der Waals surface area contributed by atoms with E-state index >= 15 is 0 Å². The van der Waals surface area contributed by atoms with E-state index in [9.17, 15) is 0 Å². The molecule has 96 valence electrons. The number of piperidine rings is 1. The summed E-state index contributed by atoms with van der Waals surface area (Å²) in [5.41, 5.74) is 0. The molecule has 18 heavy (non-hydrogen) atoms. The number of hydrogen-bond donors (Lipinski definition) is 0. The lowest BCUT2D eigenvalue weighted by molar-refractivity contribution is 0.406. The maximum Gasteiger partial charge on any atom is 0.140 e. The summed E-state index contributed by atoms with van der Waals surface area (Å²) in [7, 11) is 0. The summed E-state index contributed by atoms with van der Waals surface area (Å²) in [6.07, 6.45) is 5.57. The highest BCUT2D eigenvalue weighted by Crippen LogP contribution is 2.30. The molecule has 1 aliphatic heterocycles. The van der Waals surface area contributed by atoms with Gasteiger partial charge in [-0.2, -0.15) is 0 Å². The summed E-state index contributed by atoms with van der Waals surface area (Å²) in [4.78, 5) is 12.4. The monoisotopic (exact) mass is 325 g/mol. The van der Waals surface area contributed by atoms with Crippen LogP contribution >= 0.6 is 27.3 Å². The molecule has 3 heterocycles. The summed E-state index contributed by atoms with van der Waals surface area (Å²) in [6.45, 7) is 2.26. The third kappa shape index (κ3) is 2.38. The molecule has 2 aromatic heterocycles. The zero-order chi connectivity index (χ0) is 12.4. The van der Waals surface area contributed by atoms with Gasteiger partial charge >= 0.3 is 0 Å². The number of aromatic nitrogens is 2. The number of thiophene rings is 1. The van der Waals surface area contributed by atoms with E-state index in [0.29, 0.717) is 0 Å². The zero-order valence-corrected chi connectivity index (χ0v) is 12.6. The Morgan fingerprint density at radius 3 is 3.28 bits per heavy atom. The SMILES string of the molecule is BrCCC1CCCN(c2ncnc3sccc23)C1. The molecule has 3 rings (SSSR count). The van der Waals surface area contributed by atoms with E-state index in [1.165, 1.54) is 24.6 Å². The molecule has 0 bridgehead atoms. The van der Waals surface area contributed by atoms with E-state index in [4.69, 9.17) is 0 Å². The Hall–Kier alpha value is -0.680. The highest BCUT2D eigenvalue weighted by Gasteiger charge is 2.22. The van der Waals surface area contributed by atoms with Gasteiger partial charge in [-0.1, -0.05) is 15.9 Å². The second-order valence-electron chi connectivity index (χ2n) is 4.77. The van der Waals surface area contributed by atoms with Gasteiger partial charge in [-0.25, -0.2) is 9.97 Å². The Bertz CT molecular complexity index is 526. The number of nitrogens with zero attached hydrogens (tertiary/aromatic N) is 3.